The highest BCUT2D eigenvalue weighted by Crippen LogP contribution is 2.42. The zero-order chi connectivity index (χ0) is 23.1. The van der Waals surface area contributed by atoms with E-state index < -0.39 is 0 Å². The molecule has 1 saturated carbocycles. The predicted octanol–water partition coefficient (Wildman–Crippen LogP) is 4.88. The number of pyridine rings is 1. The maximum atomic E-state index is 12.8. The van der Waals surface area contributed by atoms with Crippen molar-refractivity contribution in [3.05, 3.63) is 75.2 Å². The topological polar surface area (TPSA) is 84.6 Å². The summed E-state index contributed by atoms with van der Waals surface area (Å²) in [5, 5.41) is 3.78. The number of nitrogens with one attached hydrogen (secondary N) is 1. The van der Waals surface area contributed by atoms with Crippen LogP contribution in [-0.4, -0.2) is 39.9 Å². The van der Waals surface area contributed by atoms with E-state index in [4.69, 9.17) is 27.9 Å². The Hall–Kier alpha value is -3.70. The van der Waals surface area contributed by atoms with Crippen molar-refractivity contribution >= 4 is 34.7 Å². The molecule has 166 valence electrons. The monoisotopic (exact) mass is 460 g/mol. The molecule has 1 aromatic carbocycles. The molecule has 0 saturated heterocycles. The van der Waals surface area contributed by atoms with Crippen molar-refractivity contribution in [2.24, 2.45) is 0 Å². The van der Waals surface area contributed by atoms with Crippen molar-refractivity contribution < 1.29 is 9.53 Å². The summed E-state index contributed by atoms with van der Waals surface area (Å²) in [4.78, 5) is 31.8. The number of nitrogens with zero attached hydrogens (tertiary/aromatic N) is 5. The van der Waals surface area contributed by atoms with Gasteiger partial charge in [-0.2, -0.15) is 0 Å². The van der Waals surface area contributed by atoms with Gasteiger partial charge in [0, 0.05) is 7.05 Å². The number of benzene rings is 1. The van der Waals surface area contributed by atoms with Crippen LogP contribution in [0, 0.1) is 6.57 Å². The number of halogens is 1. The zero-order valence-electron chi connectivity index (χ0n) is 18.2. The predicted molar refractivity (Wildman–Crippen MR) is 124 cm³/mol. The zero-order valence-corrected chi connectivity index (χ0v) is 19.0. The minimum absolute atomic E-state index is 0.101. The van der Waals surface area contributed by atoms with E-state index in [0.717, 1.165) is 24.2 Å². The molecule has 3 aromatic rings. The quantitative estimate of drug-likeness (QED) is 0.527. The van der Waals surface area contributed by atoms with Crippen molar-refractivity contribution in [2.75, 3.05) is 19.5 Å². The van der Waals surface area contributed by atoms with Gasteiger partial charge in [0.1, 0.15) is 0 Å². The van der Waals surface area contributed by atoms with Crippen molar-refractivity contribution in [3.63, 3.8) is 0 Å². The largest absolute Gasteiger partial charge is 0.493 e. The van der Waals surface area contributed by atoms with E-state index >= 15 is 0 Å². The molecule has 1 aliphatic heterocycles. The van der Waals surface area contributed by atoms with Crippen molar-refractivity contribution in [1.82, 2.24) is 19.9 Å². The molecule has 1 N–H and O–H groups in total. The van der Waals surface area contributed by atoms with Crippen LogP contribution in [0.15, 0.2) is 30.5 Å². The second-order valence-corrected chi connectivity index (χ2v) is 8.63. The van der Waals surface area contributed by atoms with E-state index in [-0.39, 0.29) is 5.91 Å². The number of ether oxygens (including phenoxy) is 1. The Morgan fingerprint density at radius 2 is 2.09 bits per heavy atom. The number of rotatable bonds is 6. The van der Waals surface area contributed by atoms with Gasteiger partial charge >= 0.3 is 0 Å². The van der Waals surface area contributed by atoms with Crippen LogP contribution in [0.2, 0.25) is 5.02 Å². The molecule has 8 nitrogen and oxygen atoms in total. The third-order valence-electron chi connectivity index (χ3n) is 5.80. The van der Waals surface area contributed by atoms with Gasteiger partial charge in [-0.05, 0) is 37.0 Å². The smallest absolute Gasteiger partial charge is 0.291 e. The molecule has 1 fully saturated rings. The number of methoxy groups -OCH3 is 1. The van der Waals surface area contributed by atoms with Gasteiger partial charge < -0.3 is 19.8 Å². The summed E-state index contributed by atoms with van der Waals surface area (Å²) in [6.45, 7) is 7.89. The Morgan fingerprint density at radius 1 is 1.27 bits per heavy atom. The van der Waals surface area contributed by atoms with Crippen LogP contribution >= 0.6 is 11.6 Å². The number of carbonyl (C=O) groups excluding carboxylic acids is 1. The van der Waals surface area contributed by atoms with Gasteiger partial charge in [-0.15, -0.1) is 4.98 Å². The second-order valence-electron chi connectivity index (χ2n) is 8.22. The van der Waals surface area contributed by atoms with E-state index in [1.165, 1.54) is 0 Å². The Labute approximate surface area is 196 Å². The Balaban J connectivity index is 1.53. The number of anilines is 2. The minimum atomic E-state index is -0.101. The third kappa shape index (κ3) is 3.96. The summed E-state index contributed by atoms with van der Waals surface area (Å²) in [6, 6.07) is 7.23. The molecule has 1 aliphatic carbocycles. The van der Waals surface area contributed by atoms with Crippen LogP contribution in [0.1, 0.15) is 51.9 Å². The van der Waals surface area contributed by atoms with E-state index in [1.54, 1.807) is 31.3 Å². The van der Waals surface area contributed by atoms with Gasteiger partial charge in [-0.25, -0.2) is 0 Å². The second kappa shape index (κ2) is 8.34. The SMILES string of the molecule is [C-]#[N+]c1nc(Cc2cc(Nc3cccc(Cl)c3OC)c3c(n2)CN(C)C3=O)cnc1C1CC1. The van der Waals surface area contributed by atoms with E-state index in [1.807, 2.05) is 18.2 Å². The lowest BCUT2D eigenvalue weighted by molar-refractivity contribution is 0.0817. The number of fused-ring (bicyclic) bond motifs is 1. The van der Waals surface area contributed by atoms with Gasteiger partial charge in [0.05, 0.1) is 65.3 Å². The Bertz CT molecular complexity index is 1320. The first-order valence-corrected chi connectivity index (χ1v) is 11.0. The maximum Gasteiger partial charge on any atom is 0.291 e. The van der Waals surface area contributed by atoms with Crippen LogP contribution in [0.25, 0.3) is 4.85 Å². The fourth-order valence-corrected chi connectivity index (χ4v) is 4.32. The highest BCUT2D eigenvalue weighted by Gasteiger charge is 2.31. The molecule has 0 unspecified atom stereocenters. The molecule has 5 rings (SSSR count). The lowest BCUT2D eigenvalue weighted by atomic mass is 10.1. The van der Waals surface area contributed by atoms with E-state index in [2.05, 4.69) is 20.1 Å². The number of carbonyl (C=O) groups is 1. The first-order chi connectivity index (χ1) is 16.0. The van der Waals surface area contributed by atoms with Crippen molar-refractivity contribution in [1.29, 1.82) is 0 Å². The molecule has 0 spiro atoms. The summed E-state index contributed by atoms with van der Waals surface area (Å²) >= 11 is 6.28. The number of amides is 1. The Morgan fingerprint density at radius 3 is 2.82 bits per heavy atom. The normalized spacial score (nSPS) is 14.7. The maximum absolute atomic E-state index is 12.8. The van der Waals surface area contributed by atoms with Crippen LogP contribution in [0.3, 0.4) is 0 Å². The molecular formula is C24H21ClN6O2. The van der Waals surface area contributed by atoms with Crippen LogP contribution in [-0.2, 0) is 13.0 Å². The fraction of sp³-hybridized carbons (Fsp3) is 0.292. The third-order valence-corrected chi connectivity index (χ3v) is 6.10. The summed E-state index contributed by atoms with van der Waals surface area (Å²) in [5.41, 5.74) is 4.68. The first kappa shape index (κ1) is 21.2. The van der Waals surface area contributed by atoms with Crippen molar-refractivity contribution in [3.8, 4) is 5.75 Å². The van der Waals surface area contributed by atoms with E-state index in [0.29, 0.717) is 63.8 Å². The first-order valence-electron chi connectivity index (χ1n) is 10.6. The van der Waals surface area contributed by atoms with Crippen LogP contribution in [0.5, 0.6) is 5.75 Å². The molecule has 1 amide bonds. The molecule has 2 aliphatic rings. The molecule has 0 radical (unpaired) electrons. The summed E-state index contributed by atoms with van der Waals surface area (Å²) in [5.74, 6) is 1.12. The number of aromatic nitrogens is 3. The fourth-order valence-electron chi connectivity index (χ4n) is 4.07. The summed E-state index contributed by atoms with van der Waals surface area (Å²) in [6.07, 6.45) is 4.24. The molecule has 3 heterocycles. The number of hydrogen-bond donors (Lipinski definition) is 1. The van der Waals surface area contributed by atoms with Gasteiger partial charge in [0.2, 0.25) is 0 Å². The molecule has 9 heteroatoms. The van der Waals surface area contributed by atoms with Gasteiger partial charge in [0.15, 0.2) is 11.4 Å². The minimum Gasteiger partial charge on any atom is -0.493 e. The average Bonchev–Trinajstić information content (AvgIpc) is 3.59. The molecule has 0 atom stereocenters. The van der Waals surface area contributed by atoms with Gasteiger partial charge in [-0.3, -0.25) is 14.8 Å². The molecule has 33 heavy (non-hydrogen) atoms. The molecular weight excluding hydrogens is 440 g/mol. The lowest BCUT2D eigenvalue weighted by Gasteiger charge is -2.15. The van der Waals surface area contributed by atoms with Crippen LogP contribution < -0.4 is 10.1 Å². The number of para-hydroxylation sites is 1. The lowest BCUT2D eigenvalue weighted by Crippen LogP contribution is -2.18. The molecule has 2 aromatic heterocycles. The standard InChI is InChI=1S/C24H21ClN6O2/c1-26-23-21(13-7-8-13)27-11-15(29-23)9-14-10-18(20-19(28-14)12-31(2)24(20)32)30-17-6-4-5-16(25)22(17)33-3/h4-6,10-11,13H,7-9,12H2,2-3H3,(H,28,30). The highest BCUT2D eigenvalue weighted by atomic mass is 35.5. The Kier molecular flexibility index (Phi) is 5.35. The van der Waals surface area contributed by atoms with Crippen LogP contribution in [0.4, 0.5) is 17.2 Å². The number of hydrogen-bond acceptors (Lipinski definition) is 6. The van der Waals surface area contributed by atoms with Gasteiger partial charge in [-0.1, -0.05) is 24.2 Å². The average molecular weight is 461 g/mol. The van der Waals surface area contributed by atoms with Crippen molar-refractivity contribution in [2.45, 2.75) is 31.7 Å². The summed E-state index contributed by atoms with van der Waals surface area (Å²) in [7, 11) is 3.30. The summed E-state index contributed by atoms with van der Waals surface area (Å²) < 4.78 is 5.45. The van der Waals surface area contributed by atoms with E-state index in [9.17, 15) is 4.79 Å². The van der Waals surface area contributed by atoms with Gasteiger partial charge in [0.25, 0.3) is 11.7 Å². The highest BCUT2D eigenvalue weighted by molar-refractivity contribution is 6.32. The molecule has 0 bridgehead atoms.